The highest BCUT2D eigenvalue weighted by Crippen LogP contribution is 2.38. The van der Waals surface area contributed by atoms with Gasteiger partial charge in [-0.05, 0) is 59.6 Å². The number of halogens is 3. The Hall–Kier alpha value is -3.62. The predicted molar refractivity (Wildman–Crippen MR) is 135 cm³/mol. The number of hydrogen-bond donors (Lipinski definition) is 2. The Morgan fingerprint density at radius 1 is 1.23 bits per heavy atom. The molecule has 1 fully saturated rings. The molecule has 11 nitrogen and oxygen atoms in total. The van der Waals surface area contributed by atoms with E-state index in [4.69, 9.17) is 4.74 Å². The van der Waals surface area contributed by atoms with Crippen molar-refractivity contribution in [2.75, 3.05) is 18.1 Å². The molecule has 212 valence electrons. The summed E-state index contributed by atoms with van der Waals surface area (Å²) in [7, 11) is -4.21. The number of aromatic amines is 1. The minimum Gasteiger partial charge on any atom is -0.476 e. The summed E-state index contributed by atoms with van der Waals surface area (Å²) in [6, 6.07) is 4.32. The van der Waals surface area contributed by atoms with Crippen molar-refractivity contribution in [3.8, 4) is 11.7 Å². The molecule has 0 atom stereocenters. The summed E-state index contributed by atoms with van der Waals surface area (Å²) < 4.78 is 73.8. The monoisotopic (exact) mass is 569 g/mol. The van der Waals surface area contributed by atoms with Crippen LogP contribution in [0.1, 0.15) is 56.6 Å². The topological polar surface area (TPSA) is 135 Å². The molecule has 15 heteroatoms. The van der Waals surface area contributed by atoms with Crippen LogP contribution in [0.5, 0.6) is 5.88 Å². The first kappa shape index (κ1) is 28.4. The summed E-state index contributed by atoms with van der Waals surface area (Å²) in [5.74, 6) is -0.378. The number of H-pyrrole nitrogens is 1. The fourth-order valence-corrected chi connectivity index (χ4v) is 5.25. The molecule has 0 aromatic carbocycles. The molecule has 4 rings (SSSR count). The van der Waals surface area contributed by atoms with Gasteiger partial charge >= 0.3 is 6.18 Å². The van der Waals surface area contributed by atoms with E-state index in [0.29, 0.717) is 6.54 Å². The second-order valence-electron chi connectivity index (χ2n) is 10.6. The van der Waals surface area contributed by atoms with Crippen LogP contribution in [0.3, 0.4) is 0 Å². The van der Waals surface area contributed by atoms with Crippen LogP contribution in [0.4, 0.5) is 19.0 Å². The van der Waals surface area contributed by atoms with Crippen LogP contribution in [0.2, 0.25) is 0 Å². The summed E-state index contributed by atoms with van der Waals surface area (Å²) in [5, 5.41) is 10.4. The van der Waals surface area contributed by atoms with Crippen molar-refractivity contribution in [2.24, 2.45) is 5.41 Å². The van der Waals surface area contributed by atoms with Crippen molar-refractivity contribution >= 4 is 21.7 Å². The maximum atomic E-state index is 13.2. The zero-order valence-corrected chi connectivity index (χ0v) is 22.9. The highest BCUT2D eigenvalue weighted by molar-refractivity contribution is 7.90. The average molecular weight is 570 g/mol. The van der Waals surface area contributed by atoms with E-state index >= 15 is 0 Å². The van der Waals surface area contributed by atoms with Gasteiger partial charge in [0.15, 0.2) is 5.82 Å². The molecule has 1 aliphatic heterocycles. The standard InChI is InChI=1S/C24H30F3N7O4S/c1-15-17(13-28-30-15)39(36,37)32-21(35)16-7-8-18(29-20(16)33-11-6-10-23(33,4)5)34-12-9-19(31-34)38-14-22(2,3)24(25,26)27/h7-9,12-13H,6,10-11,14H2,1-5H3,(H,28,30)(H,32,35). The number of aryl methyl sites for hydroxylation is 1. The predicted octanol–water partition coefficient (Wildman–Crippen LogP) is 3.76. The maximum absolute atomic E-state index is 13.2. The smallest absolute Gasteiger partial charge is 0.397 e. The zero-order valence-electron chi connectivity index (χ0n) is 22.1. The van der Waals surface area contributed by atoms with Crippen LogP contribution in [-0.2, 0) is 10.0 Å². The highest BCUT2D eigenvalue weighted by atomic mass is 32.2. The van der Waals surface area contributed by atoms with Gasteiger partial charge in [-0.1, -0.05) is 0 Å². The minimum atomic E-state index is -4.45. The average Bonchev–Trinajstić information content (AvgIpc) is 3.56. The van der Waals surface area contributed by atoms with Crippen molar-refractivity contribution in [3.05, 3.63) is 41.9 Å². The number of alkyl halides is 3. The van der Waals surface area contributed by atoms with Gasteiger partial charge in [-0.3, -0.25) is 9.89 Å². The van der Waals surface area contributed by atoms with Crippen LogP contribution >= 0.6 is 0 Å². The molecule has 39 heavy (non-hydrogen) atoms. The molecule has 1 aliphatic rings. The lowest BCUT2D eigenvalue weighted by atomic mass is 9.94. The van der Waals surface area contributed by atoms with Gasteiger partial charge in [0.25, 0.3) is 15.9 Å². The van der Waals surface area contributed by atoms with E-state index < -0.39 is 34.1 Å². The van der Waals surface area contributed by atoms with E-state index in [-0.39, 0.29) is 39.2 Å². The number of pyridine rings is 1. The molecule has 0 unspecified atom stereocenters. The Balaban J connectivity index is 1.65. The number of sulfonamides is 1. The lowest BCUT2D eigenvalue weighted by Gasteiger charge is -2.34. The molecule has 2 N–H and O–H groups in total. The molecule has 1 saturated heterocycles. The number of nitrogens with one attached hydrogen (secondary N) is 2. The number of anilines is 1. The van der Waals surface area contributed by atoms with E-state index in [0.717, 1.165) is 26.7 Å². The van der Waals surface area contributed by atoms with Crippen LogP contribution in [0.15, 0.2) is 35.5 Å². The second-order valence-corrected chi connectivity index (χ2v) is 12.3. The van der Waals surface area contributed by atoms with Gasteiger partial charge in [0.2, 0.25) is 5.88 Å². The van der Waals surface area contributed by atoms with E-state index in [1.54, 1.807) is 0 Å². The molecule has 0 bridgehead atoms. The third-order valence-electron chi connectivity index (χ3n) is 6.71. The summed E-state index contributed by atoms with van der Waals surface area (Å²) >= 11 is 0. The number of aromatic nitrogens is 5. The molecule has 3 aromatic heterocycles. The Kier molecular flexibility index (Phi) is 7.17. The molecule has 0 aliphatic carbocycles. The number of carbonyl (C=O) groups is 1. The first-order valence-electron chi connectivity index (χ1n) is 12.1. The third-order valence-corrected chi connectivity index (χ3v) is 8.16. The lowest BCUT2D eigenvalue weighted by molar-refractivity contribution is -0.219. The maximum Gasteiger partial charge on any atom is 0.397 e. The van der Waals surface area contributed by atoms with Gasteiger partial charge < -0.3 is 9.64 Å². The highest BCUT2D eigenvalue weighted by Gasteiger charge is 2.48. The van der Waals surface area contributed by atoms with Gasteiger partial charge in [0.05, 0.1) is 16.7 Å². The second kappa shape index (κ2) is 9.84. The Labute approximate surface area is 223 Å². The van der Waals surface area contributed by atoms with Crippen LogP contribution in [-0.4, -0.2) is 64.2 Å². The summed E-state index contributed by atoms with van der Waals surface area (Å²) in [6.45, 7) is 7.50. The number of rotatable bonds is 8. The van der Waals surface area contributed by atoms with Gasteiger partial charge in [0.1, 0.15) is 17.3 Å². The molecule has 3 aromatic rings. The quantitative estimate of drug-likeness (QED) is 0.419. The van der Waals surface area contributed by atoms with Gasteiger partial charge in [-0.2, -0.15) is 18.3 Å². The first-order valence-corrected chi connectivity index (χ1v) is 13.6. The SMILES string of the molecule is Cc1n[nH]cc1S(=O)(=O)NC(=O)c1ccc(-n2ccc(OCC(C)(C)C(F)(F)F)n2)nc1N1CCCC1(C)C. The lowest BCUT2D eigenvalue weighted by Crippen LogP contribution is -2.41. The number of carbonyl (C=O) groups excluding carboxylic acids is 1. The summed E-state index contributed by atoms with van der Waals surface area (Å²) in [6.07, 6.45) is -0.135. The molecule has 0 saturated carbocycles. The van der Waals surface area contributed by atoms with Crippen LogP contribution in [0, 0.1) is 12.3 Å². The molecular formula is C24H30F3N7O4S. The third kappa shape index (κ3) is 5.72. The summed E-state index contributed by atoms with van der Waals surface area (Å²) in [5.41, 5.74) is -2.20. The Morgan fingerprint density at radius 3 is 2.54 bits per heavy atom. The van der Waals surface area contributed by atoms with Crippen molar-refractivity contribution in [1.82, 2.24) is 29.7 Å². The van der Waals surface area contributed by atoms with E-state index in [1.165, 1.54) is 42.2 Å². The van der Waals surface area contributed by atoms with Crippen molar-refractivity contribution in [1.29, 1.82) is 0 Å². The van der Waals surface area contributed by atoms with Crippen LogP contribution < -0.4 is 14.4 Å². The number of nitrogens with zero attached hydrogens (tertiary/aromatic N) is 5. The van der Waals surface area contributed by atoms with E-state index in [1.807, 2.05) is 18.7 Å². The van der Waals surface area contributed by atoms with Crippen molar-refractivity contribution < 1.29 is 31.1 Å². The van der Waals surface area contributed by atoms with Crippen molar-refractivity contribution in [2.45, 2.75) is 64.1 Å². The van der Waals surface area contributed by atoms with Gasteiger partial charge in [-0.15, -0.1) is 5.10 Å². The number of ether oxygens (including phenoxy) is 1. The normalized spacial score (nSPS) is 15.9. The fraction of sp³-hybridized carbons (Fsp3) is 0.500. The van der Waals surface area contributed by atoms with Crippen molar-refractivity contribution in [3.63, 3.8) is 0 Å². The number of amides is 1. The molecule has 0 spiro atoms. The molecular weight excluding hydrogens is 539 g/mol. The summed E-state index contributed by atoms with van der Waals surface area (Å²) in [4.78, 5) is 19.6. The fourth-order valence-electron chi connectivity index (χ4n) is 4.15. The molecule has 0 radical (unpaired) electrons. The van der Waals surface area contributed by atoms with Gasteiger partial charge in [0, 0.05) is 30.5 Å². The van der Waals surface area contributed by atoms with E-state index in [9.17, 15) is 26.4 Å². The van der Waals surface area contributed by atoms with E-state index in [2.05, 4.69) is 25.0 Å². The Bertz CT molecular complexity index is 1480. The Morgan fingerprint density at radius 2 is 1.95 bits per heavy atom. The molecule has 4 heterocycles. The van der Waals surface area contributed by atoms with Gasteiger partial charge in [-0.25, -0.2) is 22.8 Å². The first-order chi connectivity index (χ1) is 18.0. The number of hydrogen-bond acceptors (Lipinski definition) is 8. The van der Waals surface area contributed by atoms with Crippen LogP contribution in [0.25, 0.3) is 5.82 Å². The zero-order chi connectivity index (χ0) is 28.8. The molecule has 1 amide bonds. The largest absolute Gasteiger partial charge is 0.476 e. The minimum absolute atomic E-state index is 0.0272.